The van der Waals surface area contributed by atoms with Crippen molar-refractivity contribution in [2.45, 2.75) is 19.0 Å². The van der Waals surface area contributed by atoms with Crippen LogP contribution in [0, 0.1) is 11.3 Å². The number of para-hydroxylation sites is 1. The number of aromatic nitrogens is 3. The van der Waals surface area contributed by atoms with Gasteiger partial charge in [-0.05, 0) is 43.2 Å². The number of rotatable bonds is 4. The lowest BCUT2D eigenvalue weighted by molar-refractivity contribution is -0.141. The first-order valence-electron chi connectivity index (χ1n) is 11.0. The first-order valence-corrected chi connectivity index (χ1v) is 11.0. The zero-order valence-electron chi connectivity index (χ0n) is 18.4. The van der Waals surface area contributed by atoms with E-state index in [0.717, 1.165) is 42.4 Å². The van der Waals surface area contributed by atoms with E-state index < -0.39 is 17.4 Å². The van der Waals surface area contributed by atoms with E-state index in [-0.39, 0.29) is 22.3 Å². The van der Waals surface area contributed by atoms with Crippen LogP contribution < -0.4 is 15.8 Å². The SMILES string of the molecule is N#Cc1c(Nc2ccnc(N3CCCC3)c2)c2ccc(C(F)(F)F)nc2n(-c2ccccc2)c1=O. The fraction of sp³-hybridized carbons (Fsp3) is 0.200. The van der Waals surface area contributed by atoms with Crippen molar-refractivity contribution in [3.05, 3.63) is 82.4 Å². The third-order valence-electron chi connectivity index (χ3n) is 5.88. The highest BCUT2D eigenvalue weighted by Gasteiger charge is 2.33. The van der Waals surface area contributed by atoms with Crippen molar-refractivity contribution in [1.82, 2.24) is 14.5 Å². The molecule has 1 aromatic carbocycles. The van der Waals surface area contributed by atoms with Crippen LogP contribution in [0.1, 0.15) is 24.1 Å². The van der Waals surface area contributed by atoms with Gasteiger partial charge in [0.05, 0.1) is 11.4 Å². The van der Waals surface area contributed by atoms with E-state index in [1.165, 1.54) is 6.07 Å². The summed E-state index contributed by atoms with van der Waals surface area (Å²) in [5, 5.41) is 13.2. The third-order valence-corrected chi connectivity index (χ3v) is 5.88. The Morgan fingerprint density at radius 2 is 1.77 bits per heavy atom. The van der Waals surface area contributed by atoms with Crippen molar-refractivity contribution in [1.29, 1.82) is 5.26 Å². The Morgan fingerprint density at radius 3 is 2.46 bits per heavy atom. The maximum Gasteiger partial charge on any atom is 0.433 e. The Kier molecular flexibility index (Phi) is 5.61. The van der Waals surface area contributed by atoms with Crippen molar-refractivity contribution in [3.63, 3.8) is 0 Å². The quantitative estimate of drug-likeness (QED) is 0.445. The molecule has 1 N–H and O–H groups in total. The summed E-state index contributed by atoms with van der Waals surface area (Å²) in [5.41, 5.74) is -1.39. The van der Waals surface area contributed by atoms with Gasteiger partial charge in [0.25, 0.3) is 5.56 Å². The molecule has 35 heavy (non-hydrogen) atoms. The number of hydrogen-bond acceptors (Lipinski definition) is 6. The molecular weight excluding hydrogens is 457 g/mol. The first-order chi connectivity index (χ1) is 16.9. The van der Waals surface area contributed by atoms with E-state index >= 15 is 0 Å². The third kappa shape index (κ3) is 4.17. The molecule has 3 aromatic heterocycles. The summed E-state index contributed by atoms with van der Waals surface area (Å²) in [7, 11) is 0. The fourth-order valence-corrected chi connectivity index (χ4v) is 4.23. The molecule has 0 atom stereocenters. The highest BCUT2D eigenvalue weighted by molar-refractivity contribution is 5.95. The number of alkyl halides is 3. The number of anilines is 3. The smallest absolute Gasteiger partial charge is 0.357 e. The monoisotopic (exact) mass is 476 g/mol. The minimum absolute atomic E-state index is 0.0967. The number of nitrogens with one attached hydrogen (secondary N) is 1. The predicted molar refractivity (Wildman–Crippen MR) is 126 cm³/mol. The molecule has 0 unspecified atom stereocenters. The summed E-state index contributed by atoms with van der Waals surface area (Å²) in [5.74, 6) is 0.741. The zero-order chi connectivity index (χ0) is 24.6. The number of nitrogens with zero attached hydrogens (tertiary/aromatic N) is 5. The second-order valence-corrected chi connectivity index (χ2v) is 8.13. The van der Waals surface area contributed by atoms with Crippen LogP contribution >= 0.6 is 0 Å². The van der Waals surface area contributed by atoms with Gasteiger partial charge in [0.15, 0.2) is 0 Å². The molecule has 1 aliphatic heterocycles. The van der Waals surface area contributed by atoms with Crippen molar-refractivity contribution < 1.29 is 13.2 Å². The maximum absolute atomic E-state index is 13.5. The van der Waals surface area contributed by atoms with Crippen LogP contribution in [0.15, 0.2) is 65.6 Å². The van der Waals surface area contributed by atoms with Crippen LogP contribution in [0.3, 0.4) is 0 Å². The highest BCUT2D eigenvalue weighted by atomic mass is 19.4. The van der Waals surface area contributed by atoms with Crippen molar-refractivity contribution in [2.24, 2.45) is 0 Å². The van der Waals surface area contributed by atoms with E-state index in [0.29, 0.717) is 11.4 Å². The molecular formula is C25H19F3N6O. The molecule has 1 aliphatic rings. The van der Waals surface area contributed by atoms with Crippen molar-refractivity contribution in [2.75, 3.05) is 23.3 Å². The van der Waals surface area contributed by atoms with Crippen LogP contribution in [-0.4, -0.2) is 27.6 Å². The lowest BCUT2D eigenvalue weighted by Gasteiger charge is -2.19. The summed E-state index contributed by atoms with van der Waals surface area (Å²) in [6, 6.07) is 15.6. The molecule has 1 fully saturated rings. The average Bonchev–Trinajstić information content (AvgIpc) is 3.39. The summed E-state index contributed by atoms with van der Waals surface area (Å²) in [4.78, 5) is 23.8. The van der Waals surface area contributed by atoms with Crippen molar-refractivity contribution in [3.8, 4) is 11.8 Å². The van der Waals surface area contributed by atoms with E-state index in [4.69, 9.17) is 0 Å². The molecule has 0 bridgehead atoms. The van der Waals surface area contributed by atoms with Gasteiger partial charge in [-0.25, -0.2) is 9.97 Å². The van der Waals surface area contributed by atoms with Gasteiger partial charge in [0.1, 0.15) is 28.8 Å². The summed E-state index contributed by atoms with van der Waals surface area (Å²) >= 11 is 0. The normalized spacial score (nSPS) is 13.7. The van der Waals surface area contributed by atoms with Crippen LogP contribution in [0.4, 0.5) is 30.4 Å². The predicted octanol–water partition coefficient (Wildman–Crippen LogP) is 5.01. The molecule has 1 saturated heterocycles. The van der Waals surface area contributed by atoms with Gasteiger partial charge < -0.3 is 10.2 Å². The Hall–Kier alpha value is -4.39. The number of pyridine rings is 3. The first kappa shape index (κ1) is 22.4. The second kappa shape index (κ2) is 8.76. The molecule has 7 nitrogen and oxygen atoms in total. The molecule has 0 amide bonds. The van der Waals surface area contributed by atoms with Crippen molar-refractivity contribution >= 4 is 28.2 Å². The second-order valence-electron chi connectivity index (χ2n) is 8.13. The van der Waals surface area contributed by atoms with Gasteiger partial charge in [0.2, 0.25) is 0 Å². The number of hydrogen-bond donors (Lipinski definition) is 1. The van der Waals surface area contributed by atoms with E-state index in [1.54, 1.807) is 48.7 Å². The largest absolute Gasteiger partial charge is 0.433 e. The standard InChI is InChI=1S/C25H19F3N6O/c26-25(27,28)20-9-8-18-22(31-16-10-11-30-21(14-16)33-12-4-5-13-33)19(15-29)24(35)34(23(18)32-20)17-6-2-1-3-7-17/h1-3,6-11,14H,4-5,12-13H2,(H,30,31). The van der Waals surface area contributed by atoms with Gasteiger partial charge in [0, 0.05) is 36.4 Å². The number of benzene rings is 1. The Labute approximate surface area is 198 Å². The van der Waals surface area contributed by atoms with Gasteiger partial charge in [-0.15, -0.1) is 0 Å². The van der Waals surface area contributed by atoms with E-state index in [2.05, 4.69) is 20.2 Å². The molecule has 5 rings (SSSR count). The summed E-state index contributed by atoms with van der Waals surface area (Å²) < 4.78 is 41.6. The molecule has 10 heteroatoms. The molecule has 0 saturated carbocycles. The maximum atomic E-state index is 13.5. The number of nitriles is 1. The lowest BCUT2D eigenvalue weighted by Crippen LogP contribution is -2.24. The van der Waals surface area contributed by atoms with Gasteiger partial charge in [-0.1, -0.05) is 18.2 Å². The van der Waals surface area contributed by atoms with E-state index in [1.807, 2.05) is 6.07 Å². The minimum atomic E-state index is -4.71. The molecule has 176 valence electrons. The van der Waals surface area contributed by atoms with Crippen LogP contribution in [0.25, 0.3) is 16.7 Å². The van der Waals surface area contributed by atoms with Crippen LogP contribution in [0.5, 0.6) is 0 Å². The summed E-state index contributed by atoms with van der Waals surface area (Å²) in [6.07, 6.45) is -0.973. The number of fused-ring (bicyclic) bond motifs is 1. The van der Waals surface area contributed by atoms with Crippen LogP contribution in [-0.2, 0) is 6.18 Å². The van der Waals surface area contributed by atoms with Gasteiger partial charge in [-0.2, -0.15) is 18.4 Å². The Morgan fingerprint density at radius 1 is 1.03 bits per heavy atom. The minimum Gasteiger partial charge on any atom is -0.357 e. The molecule has 0 aliphatic carbocycles. The number of halogens is 3. The Balaban J connectivity index is 1.74. The summed E-state index contributed by atoms with van der Waals surface area (Å²) in [6.45, 7) is 1.75. The molecule has 4 aromatic rings. The van der Waals surface area contributed by atoms with Crippen LogP contribution in [0.2, 0.25) is 0 Å². The van der Waals surface area contributed by atoms with Gasteiger partial charge >= 0.3 is 6.18 Å². The Bertz CT molecular complexity index is 1500. The molecule has 0 radical (unpaired) electrons. The van der Waals surface area contributed by atoms with E-state index in [9.17, 15) is 23.2 Å². The molecule has 0 spiro atoms. The molecule has 4 heterocycles. The zero-order valence-corrected chi connectivity index (χ0v) is 18.4. The fourth-order valence-electron chi connectivity index (χ4n) is 4.23. The highest BCUT2D eigenvalue weighted by Crippen LogP contribution is 2.34. The average molecular weight is 476 g/mol. The van der Waals surface area contributed by atoms with Gasteiger partial charge in [-0.3, -0.25) is 9.36 Å². The lowest BCUT2D eigenvalue weighted by atomic mass is 10.1. The topological polar surface area (TPSA) is 86.8 Å².